The van der Waals surface area contributed by atoms with Gasteiger partial charge in [0.1, 0.15) is 25.1 Å². The number of benzene rings is 3. The molecular weight excluding hydrogens is 748 g/mol. The first-order valence-electron chi connectivity index (χ1n) is 19.3. The predicted octanol–water partition coefficient (Wildman–Crippen LogP) is 5.48. The van der Waals surface area contributed by atoms with Gasteiger partial charge in [-0.1, -0.05) is 55.5 Å². The highest BCUT2D eigenvalue weighted by Gasteiger charge is 2.47. The van der Waals surface area contributed by atoms with Crippen molar-refractivity contribution in [2.24, 2.45) is 5.73 Å². The summed E-state index contributed by atoms with van der Waals surface area (Å²) in [6.45, 7) is 2.72. The molecule has 0 bridgehead atoms. The second-order valence-corrected chi connectivity index (χ2v) is 15.4. The predicted molar refractivity (Wildman–Crippen MR) is 207 cm³/mol. The van der Waals surface area contributed by atoms with E-state index in [4.69, 9.17) is 20.2 Å². The van der Waals surface area contributed by atoms with Gasteiger partial charge in [-0.25, -0.2) is 23.8 Å². The second-order valence-electron chi connectivity index (χ2n) is 15.4. The number of aryl methyl sites for hydroxylation is 1. The van der Waals surface area contributed by atoms with E-state index in [1.54, 1.807) is 13.8 Å². The highest BCUT2D eigenvalue weighted by atomic mass is 19.1. The Morgan fingerprint density at radius 2 is 1.76 bits per heavy atom. The van der Waals surface area contributed by atoms with Gasteiger partial charge in [0, 0.05) is 34.9 Å². The summed E-state index contributed by atoms with van der Waals surface area (Å²) in [5.74, 6) is -3.87. The fourth-order valence-electron chi connectivity index (χ4n) is 9.61. The van der Waals surface area contributed by atoms with Crippen LogP contribution in [0.25, 0.3) is 33.4 Å². The summed E-state index contributed by atoms with van der Waals surface area (Å²) in [6, 6.07) is 15.9. The van der Waals surface area contributed by atoms with Crippen molar-refractivity contribution in [1.29, 1.82) is 0 Å². The minimum atomic E-state index is -2.09. The molecule has 14 heteroatoms. The maximum Gasteiger partial charge on any atom is 0.411 e. The van der Waals surface area contributed by atoms with Crippen LogP contribution >= 0.6 is 0 Å². The minimum Gasteiger partial charge on any atom is -0.480 e. The summed E-state index contributed by atoms with van der Waals surface area (Å²) < 4.78 is 28.5. The van der Waals surface area contributed by atoms with E-state index < -0.39 is 53.0 Å². The molecule has 3 aromatic carbocycles. The molecule has 9 rings (SSSR count). The van der Waals surface area contributed by atoms with E-state index in [0.717, 1.165) is 27.2 Å². The van der Waals surface area contributed by atoms with Crippen molar-refractivity contribution in [2.75, 3.05) is 6.61 Å². The van der Waals surface area contributed by atoms with Gasteiger partial charge in [0.2, 0.25) is 5.91 Å². The fourth-order valence-corrected chi connectivity index (χ4v) is 9.61. The molecule has 2 aromatic heterocycles. The average Bonchev–Trinajstić information content (AvgIpc) is 3.74. The number of fused-ring (bicyclic) bond motifs is 8. The van der Waals surface area contributed by atoms with Crippen LogP contribution in [0, 0.1) is 12.7 Å². The molecule has 2 amide bonds. The van der Waals surface area contributed by atoms with E-state index in [9.17, 15) is 34.2 Å². The van der Waals surface area contributed by atoms with Gasteiger partial charge in [0.05, 0.1) is 35.1 Å². The number of halogens is 1. The Morgan fingerprint density at radius 3 is 2.41 bits per heavy atom. The zero-order valence-electron chi connectivity index (χ0n) is 31.7. The van der Waals surface area contributed by atoms with Crippen molar-refractivity contribution in [2.45, 2.75) is 82.7 Å². The summed E-state index contributed by atoms with van der Waals surface area (Å²) in [6.07, 6.45) is -1.26. The van der Waals surface area contributed by atoms with Crippen LogP contribution in [0.5, 0.6) is 0 Å². The lowest BCUT2D eigenvalue weighted by atomic mass is 9.80. The largest absolute Gasteiger partial charge is 0.480 e. The van der Waals surface area contributed by atoms with Gasteiger partial charge >= 0.3 is 18.0 Å². The van der Waals surface area contributed by atoms with Crippen LogP contribution in [0.1, 0.15) is 89.1 Å². The van der Waals surface area contributed by atoms with Gasteiger partial charge in [-0.3, -0.25) is 14.5 Å². The van der Waals surface area contributed by atoms with Gasteiger partial charge < -0.3 is 30.0 Å². The summed E-state index contributed by atoms with van der Waals surface area (Å²) in [5.41, 5.74) is 9.75. The summed E-state index contributed by atoms with van der Waals surface area (Å²) in [4.78, 5) is 73.2. The number of ether oxygens (including phenoxy) is 2. The third-order valence-corrected chi connectivity index (χ3v) is 12.5. The van der Waals surface area contributed by atoms with Crippen LogP contribution in [-0.2, 0) is 49.0 Å². The molecule has 13 nitrogen and oxygen atoms in total. The molecule has 0 saturated heterocycles. The summed E-state index contributed by atoms with van der Waals surface area (Å²) in [5, 5.41) is 22.8. The number of aliphatic hydroxyl groups is 1. The van der Waals surface area contributed by atoms with E-state index in [0.29, 0.717) is 27.6 Å². The lowest BCUT2D eigenvalue weighted by molar-refractivity contribution is -0.172. The van der Waals surface area contributed by atoms with Crippen LogP contribution in [0.15, 0.2) is 65.5 Å². The third-order valence-electron chi connectivity index (χ3n) is 12.5. The third kappa shape index (κ3) is 5.45. The number of primary amides is 1. The van der Waals surface area contributed by atoms with Crippen LogP contribution in [0.4, 0.5) is 9.18 Å². The number of aliphatic carboxylic acids is 1. The first-order valence-corrected chi connectivity index (χ1v) is 19.3. The molecule has 4 N–H and O–H groups in total. The van der Waals surface area contributed by atoms with Gasteiger partial charge in [0.25, 0.3) is 5.56 Å². The monoisotopic (exact) mass is 786 g/mol. The molecular formula is C44H39FN4O9. The van der Waals surface area contributed by atoms with Crippen molar-refractivity contribution in [1.82, 2.24) is 14.5 Å². The standard InChI is InChI=1S/C44H39FN4O9/c1-3-44(56)30-16-35-39-27(18-48(35)40(51)29(30)20-57-42(44)54)38-33(13-12-22-21(2)31(45)17-32(47-39)37(22)38)49(34(41(52)53)14-15-36(46)50)43(55)58-19-28-25-10-6-4-8-23(25)24-9-5-7-11-26(24)28/h4-11,16-17,28,33-34,56H,3,12-15,18-20H2,1-2H3,(H2,46,50)(H,52,53)/t33-,34-,44-/m0/s1. The maximum atomic E-state index is 15.6. The molecule has 3 atom stereocenters. The second kappa shape index (κ2) is 13.6. The Bertz CT molecular complexity index is 2670. The number of carboxylic acid groups (broad SMARTS) is 1. The minimum absolute atomic E-state index is 0.0581. The number of aromatic nitrogens is 2. The molecule has 5 aromatic rings. The number of nitrogens with zero attached hydrogens (tertiary/aromatic N) is 3. The number of amides is 2. The molecule has 4 heterocycles. The van der Waals surface area contributed by atoms with Crippen molar-refractivity contribution >= 4 is 34.8 Å². The van der Waals surface area contributed by atoms with Gasteiger partial charge in [-0.05, 0) is 77.6 Å². The van der Waals surface area contributed by atoms with E-state index in [1.807, 2.05) is 48.5 Å². The van der Waals surface area contributed by atoms with Crippen LogP contribution < -0.4 is 11.3 Å². The first kappa shape index (κ1) is 37.2. The highest BCUT2D eigenvalue weighted by molar-refractivity contribution is 5.94. The van der Waals surface area contributed by atoms with Crippen LogP contribution in [0.2, 0.25) is 0 Å². The van der Waals surface area contributed by atoms with Gasteiger partial charge in [-0.15, -0.1) is 0 Å². The van der Waals surface area contributed by atoms with Crippen molar-refractivity contribution < 1.29 is 43.3 Å². The highest BCUT2D eigenvalue weighted by Crippen LogP contribution is 2.49. The number of hydrogen-bond acceptors (Lipinski definition) is 9. The lowest BCUT2D eigenvalue weighted by Gasteiger charge is -2.39. The Morgan fingerprint density at radius 1 is 1.07 bits per heavy atom. The summed E-state index contributed by atoms with van der Waals surface area (Å²) in [7, 11) is 0. The molecule has 2 aliphatic heterocycles. The fraction of sp³-hybridized carbons (Fsp3) is 0.318. The molecule has 2 aliphatic carbocycles. The molecule has 0 spiro atoms. The number of cyclic esters (lactones) is 1. The Kier molecular flexibility index (Phi) is 8.73. The molecule has 296 valence electrons. The smallest absolute Gasteiger partial charge is 0.411 e. The quantitative estimate of drug-likeness (QED) is 0.158. The Balaban J connectivity index is 1.21. The number of esters is 1. The number of nitrogens with two attached hydrogens (primary N) is 1. The number of carboxylic acids is 1. The lowest BCUT2D eigenvalue weighted by Crippen LogP contribution is -2.49. The van der Waals surface area contributed by atoms with E-state index in [1.165, 1.54) is 16.7 Å². The van der Waals surface area contributed by atoms with Crippen LogP contribution in [-0.4, -0.2) is 61.3 Å². The topological polar surface area (TPSA) is 191 Å². The molecule has 0 saturated carbocycles. The first-order chi connectivity index (χ1) is 27.8. The molecule has 0 radical (unpaired) electrons. The van der Waals surface area contributed by atoms with Crippen molar-refractivity contribution in [3.63, 3.8) is 0 Å². The van der Waals surface area contributed by atoms with Crippen molar-refractivity contribution in [3.8, 4) is 22.5 Å². The normalized spacial score (nSPS) is 19.0. The molecule has 0 unspecified atom stereocenters. The molecule has 58 heavy (non-hydrogen) atoms. The zero-order valence-corrected chi connectivity index (χ0v) is 31.7. The Labute approximate surface area is 330 Å². The average molecular weight is 787 g/mol. The van der Waals surface area contributed by atoms with Gasteiger partial charge in [0.15, 0.2) is 5.60 Å². The molecule has 4 aliphatic rings. The number of carbonyl (C=O) groups is 4. The van der Waals surface area contributed by atoms with Gasteiger partial charge in [-0.2, -0.15) is 0 Å². The number of rotatable bonds is 9. The van der Waals surface area contributed by atoms with E-state index in [-0.39, 0.29) is 85.8 Å². The SMILES string of the molecule is CC[C@@]1(O)C(=O)OCc2c1cc1n(c2=O)Cc2c-1nc1cc(F)c(C)c3c1c2[C@@H](N(C(=O)OCC1c2ccccc2-c2ccccc21)[C@@H](CCC(N)=O)C(=O)O)CC3. The summed E-state index contributed by atoms with van der Waals surface area (Å²) >= 11 is 0. The number of pyridine rings is 2. The van der Waals surface area contributed by atoms with Crippen molar-refractivity contribution in [3.05, 3.63) is 121 Å². The number of carbonyl (C=O) groups excluding carboxylic acids is 3. The molecule has 0 fully saturated rings. The van der Waals surface area contributed by atoms with E-state index >= 15 is 4.39 Å². The Hall–Kier alpha value is -6.41. The zero-order chi connectivity index (χ0) is 40.8. The maximum absolute atomic E-state index is 15.6. The number of hydrogen-bond donors (Lipinski definition) is 3. The van der Waals surface area contributed by atoms with E-state index in [2.05, 4.69) is 0 Å². The van der Waals surface area contributed by atoms with Crippen LogP contribution in [0.3, 0.4) is 0 Å².